The van der Waals surface area contributed by atoms with Crippen molar-refractivity contribution in [2.24, 2.45) is 5.73 Å². The maximum Gasteiger partial charge on any atom is 0.0708 e. The summed E-state index contributed by atoms with van der Waals surface area (Å²) in [6, 6.07) is 10.0. The first-order valence-corrected chi connectivity index (χ1v) is 7.60. The fraction of sp³-hybridized carbons (Fsp3) is 0.357. The van der Waals surface area contributed by atoms with Gasteiger partial charge in [-0.1, -0.05) is 18.2 Å². The summed E-state index contributed by atoms with van der Waals surface area (Å²) in [7, 11) is -0.843. The van der Waals surface area contributed by atoms with Gasteiger partial charge in [-0.05, 0) is 37.6 Å². The average Bonchev–Trinajstić information content (AvgIpc) is 2.36. The predicted molar refractivity (Wildman–Crippen MR) is 76.9 cm³/mol. The number of nitrogens with zero attached hydrogens (tertiary/aromatic N) is 1. The summed E-state index contributed by atoms with van der Waals surface area (Å²) in [6.07, 6.45) is 0.814. The van der Waals surface area contributed by atoms with Gasteiger partial charge >= 0.3 is 0 Å². The lowest BCUT2D eigenvalue weighted by molar-refractivity contribution is 0.680. The van der Waals surface area contributed by atoms with Crippen molar-refractivity contribution in [3.63, 3.8) is 0 Å². The van der Waals surface area contributed by atoms with Crippen molar-refractivity contribution in [1.29, 1.82) is 0 Å². The van der Waals surface area contributed by atoms with Crippen LogP contribution in [0.4, 0.5) is 0 Å². The van der Waals surface area contributed by atoms with Gasteiger partial charge in [-0.25, -0.2) is 0 Å². The smallest absolute Gasteiger partial charge is 0.0708 e. The van der Waals surface area contributed by atoms with Crippen LogP contribution in [-0.2, 0) is 16.6 Å². The number of aromatic nitrogens is 1. The molecule has 1 atom stereocenters. The standard InChI is InChI=1S/C14H18N2OS/c1-11-9-12(10-18(17)8-4-7-15)13-5-2-3-6-14(13)16-11/h2-3,5-6,9H,4,7-8,10,15H2,1H3. The van der Waals surface area contributed by atoms with E-state index in [4.69, 9.17) is 5.73 Å². The van der Waals surface area contributed by atoms with Crippen LogP contribution in [0.2, 0.25) is 0 Å². The van der Waals surface area contributed by atoms with Crippen LogP contribution in [0, 0.1) is 6.92 Å². The van der Waals surface area contributed by atoms with Crippen molar-refractivity contribution in [3.05, 3.63) is 41.6 Å². The van der Waals surface area contributed by atoms with E-state index in [1.165, 1.54) is 0 Å². The van der Waals surface area contributed by atoms with E-state index in [1.807, 2.05) is 37.3 Å². The Labute approximate surface area is 110 Å². The van der Waals surface area contributed by atoms with Crippen molar-refractivity contribution < 1.29 is 4.21 Å². The quantitative estimate of drug-likeness (QED) is 0.898. The van der Waals surface area contributed by atoms with E-state index in [0.29, 0.717) is 18.1 Å². The molecule has 2 aromatic rings. The highest BCUT2D eigenvalue weighted by Gasteiger charge is 2.07. The van der Waals surface area contributed by atoms with Gasteiger partial charge in [0.15, 0.2) is 0 Å². The zero-order valence-corrected chi connectivity index (χ0v) is 11.4. The number of hydrogen-bond acceptors (Lipinski definition) is 3. The van der Waals surface area contributed by atoms with Gasteiger partial charge in [0.25, 0.3) is 0 Å². The molecule has 0 bridgehead atoms. The van der Waals surface area contributed by atoms with Gasteiger partial charge < -0.3 is 5.73 Å². The molecule has 1 heterocycles. The minimum atomic E-state index is -0.843. The number of aryl methyl sites for hydroxylation is 1. The molecular weight excluding hydrogens is 244 g/mol. The van der Waals surface area contributed by atoms with Gasteiger partial charge in [-0.3, -0.25) is 9.19 Å². The van der Waals surface area contributed by atoms with E-state index in [2.05, 4.69) is 4.98 Å². The molecule has 1 aromatic carbocycles. The Morgan fingerprint density at radius 3 is 2.89 bits per heavy atom. The number of fused-ring (bicyclic) bond motifs is 1. The molecule has 1 aromatic heterocycles. The molecule has 2 rings (SSSR count). The number of nitrogens with two attached hydrogens (primary N) is 1. The number of para-hydroxylation sites is 1. The third-order valence-electron chi connectivity index (χ3n) is 2.82. The van der Waals surface area contributed by atoms with E-state index < -0.39 is 10.8 Å². The minimum Gasteiger partial charge on any atom is -0.330 e. The molecule has 0 saturated carbocycles. The molecule has 0 fully saturated rings. The van der Waals surface area contributed by atoms with Crippen molar-refractivity contribution in [2.45, 2.75) is 19.1 Å². The molecule has 0 saturated heterocycles. The number of hydrogen-bond donors (Lipinski definition) is 1. The molecule has 0 aliphatic carbocycles. The fourth-order valence-electron chi connectivity index (χ4n) is 2.00. The Hall–Kier alpha value is -1.26. The summed E-state index contributed by atoms with van der Waals surface area (Å²) in [4.78, 5) is 4.49. The lowest BCUT2D eigenvalue weighted by Crippen LogP contribution is -2.08. The first-order valence-electron chi connectivity index (χ1n) is 6.11. The van der Waals surface area contributed by atoms with Gasteiger partial charge in [0.1, 0.15) is 0 Å². The van der Waals surface area contributed by atoms with E-state index in [9.17, 15) is 4.21 Å². The second kappa shape index (κ2) is 6.07. The lowest BCUT2D eigenvalue weighted by atomic mass is 10.1. The maximum absolute atomic E-state index is 12.0. The lowest BCUT2D eigenvalue weighted by Gasteiger charge is -2.07. The van der Waals surface area contributed by atoms with Crippen LogP contribution >= 0.6 is 0 Å². The fourth-order valence-corrected chi connectivity index (χ4v) is 3.22. The second-order valence-corrected chi connectivity index (χ2v) is 5.95. The third-order valence-corrected chi connectivity index (χ3v) is 4.20. The van der Waals surface area contributed by atoms with Gasteiger partial charge in [-0.2, -0.15) is 0 Å². The molecule has 0 aliphatic rings. The van der Waals surface area contributed by atoms with E-state index in [0.717, 1.165) is 28.6 Å². The van der Waals surface area contributed by atoms with E-state index in [1.54, 1.807) is 0 Å². The first-order chi connectivity index (χ1) is 8.70. The molecule has 96 valence electrons. The second-order valence-electron chi connectivity index (χ2n) is 4.37. The topological polar surface area (TPSA) is 56.0 Å². The Bertz CT molecular complexity index is 569. The van der Waals surface area contributed by atoms with Crippen LogP contribution in [0.25, 0.3) is 10.9 Å². The predicted octanol–water partition coefficient (Wildman–Crippen LogP) is 2.14. The molecule has 0 spiro atoms. The van der Waals surface area contributed by atoms with Gasteiger partial charge in [0.05, 0.1) is 5.52 Å². The van der Waals surface area contributed by atoms with Crippen LogP contribution in [-0.4, -0.2) is 21.5 Å². The molecule has 4 heteroatoms. The summed E-state index contributed by atoms with van der Waals surface area (Å²) in [5.41, 5.74) is 8.51. The SMILES string of the molecule is Cc1cc(CS(=O)CCCN)c2ccccc2n1. The minimum absolute atomic E-state index is 0.587. The third kappa shape index (κ3) is 3.15. The summed E-state index contributed by atoms with van der Waals surface area (Å²) in [6.45, 7) is 2.57. The van der Waals surface area contributed by atoms with E-state index in [-0.39, 0.29) is 0 Å². The Morgan fingerprint density at radius 2 is 2.11 bits per heavy atom. The van der Waals surface area contributed by atoms with Crippen molar-refractivity contribution >= 4 is 21.7 Å². The summed E-state index contributed by atoms with van der Waals surface area (Å²) >= 11 is 0. The van der Waals surface area contributed by atoms with Crippen LogP contribution in [0.15, 0.2) is 30.3 Å². The van der Waals surface area contributed by atoms with E-state index >= 15 is 0 Å². The summed E-state index contributed by atoms with van der Waals surface area (Å²) < 4.78 is 12.0. The van der Waals surface area contributed by atoms with Gasteiger partial charge in [0.2, 0.25) is 0 Å². The average molecular weight is 262 g/mol. The van der Waals surface area contributed by atoms with Crippen molar-refractivity contribution in [2.75, 3.05) is 12.3 Å². The maximum atomic E-state index is 12.0. The first kappa shape index (κ1) is 13.2. The number of benzene rings is 1. The van der Waals surface area contributed by atoms with Crippen molar-refractivity contribution in [1.82, 2.24) is 4.98 Å². The normalized spacial score (nSPS) is 12.8. The highest BCUT2D eigenvalue weighted by molar-refractivity contribution is 7.84. The molecule has 0 amide bonds. The van der Waals surface area contributed by atoms with Crippen LogP contribution < -0.4 is 5.73 Å². The molecule has 0 aliphatic heterocycles. The Kier molecular flexibility index (Phi) is 4.44. The summed E-state index contributed by atoms with van der Waals surface area (Å²) in [5, 5.41) is 1.10. The largest absolute Gasteiger partial charge is 0.330 e. The molecule has 0 radical (unpaired) electrons. The Balaban J connectivity index is 2.29. The zero-order chi connectivity index (χ0) is 13.0. The summed E-state index contributed by atoms with van der Waals surface area (Å²) in [5.74, 6) is 1.26. The van der Waals surface area contributed by atoms with Crippen LogP contribution in [0.1, 0.15) is 17.7 Å². The van der Waals surface area contributed by atoms with Gasteiger partial charge in [-0.15, -0.1) is 0 Å². The zero-order valence-electron chi connectivity index (χ0n) is 10.6. The number of pyridine rings is 1. The monoisotopic (exact) mass is 262 g/mol. The number of rotatable bonds is 5. The molecule has 3 nitrogen and oxygen atoms in total. The Morgan fingerprint density at radius 1 is 1.33 bits per heavy atom. The van der Waals surface area contributed by atoms with Crippen molar-refractivity contribution in [3.8, 4) is 0 Å². The van der Waals surface area contributed by atoms with Crippen LogP contribution in [0.3, 0.4) is 0 Å². The van der Waals surface area contributed by atoms with Crippen LogP contribution in [0.5, 0.6) is 0 Å². The highest BCUT2D eigenvalue weighted by atomic mass is 32.2. The molecular formula is C14H18N2OS. The molecule has 1 unspecified atom stereocenters. The molecule has 2 N–H and O–H groups in total. The molecule has 18 heavy (non-hydrogen) atoms. The van der Waals surface area contributed by atoms with Gasteiger partial charge in [0, 0.05) is 33.4 Å². The highest BCUT2D eigenvalue weighted by Crippen LogP contribution is 2.19.